The second-order valence-electron chi connectivity index (χ2n) is 11.2. The topological polar surface area (TPSA) is 186 Å². The smallest absolute Gasteiger partial charge is 0.459 e. The third-order valence-corrected chi connectivity index (χ3v) is 9.70. The molecule has 3 aliphatic heterocycles. The lowest BCUT2D eigenvalue weighted by Crippen LogP contribution is -2.59. The molecule has 0 aromatic heterocycles. The van der Waals surface area contributed by atoms with Gasteiger partial charge in [0.25, 0.3) is 5.91 Å². The maximum absolute atomic E-state index is 15.6. The van der Waals surface area contributed by atoms with E-state index in [2.05, 4.69) is 20.4 Å². The number of ether oxygens (including phenoxy) is 2. The van der Waals surface area contributed by atoms with Crippen molar-refractivity contribution in [1.82, 2.24) is 15.3 Å². The van der Waals surface area contributed by atoms with Crippen LogP contribution in [0.15, 0.2) is 28.2 Å². The van der Waals surface area contributed by atoms with Crippen LogP contribution in [0.4, 0.5) is 8.78 Å². The summed E-state index contributed by atoms with van der Waals surface area (Å²) in [6, 6.07) is 0.988. The molecular weight excluding hydrogens is 629 g/mol. The van der Waals surface area contributed by atoms with Crippen molar-refractivity contribution in [2.24, 2.45) is 15.7 Å². The summed E-state index contributed by atoms with van der Waals surface area (Å²) in [4.78, 5) is 34.6. The normalized spacial score (nSPS) is 32.4. The van der Waals surface area contributed by atoms with Gasteiger partial charge in [0.05, 0.1) is 18.0 Å². The molecule has 0 spiro atoms. The maximum atomic E-state index is 15.6. The molecule has 44 heavy (non-hydrogen) atoms. The third kappa shape index (κ3) is 6.85. The minimum absolute atomic E-state index is 0.167. The van der Waals surface area contributed by atoms with Crippen LogP contribution in [0.3, 0.4) is 0 Å². The number of benzene rings is 1. The van der Waals surface area contributed by atoms with Crippen LogP contribution < -0.4 is 20.7 Å². The minimum atomic E-state index is -4.54. The average Bonchev–Trinajstić information content (AvgIpc) is 3.47. The molecule has 0 bridgehead atoms. The van der Waals surface area contributed by atoms with E-state index in [1.807, 2.05) is 0 Å². The Kier molecular flexibility index (Phi) is 9.50. The second kappa shape index (κ2) is 12.9. The lowest BCUT2D eigenvalue weighted by molar-refractivity contribution is -0.152. The third-order valence-electron chi connectivity index (χ3n) is 7.76. The van der Waals surface area contributed by atoms with E-state index in [-0.39, 0.29) is 22.8 Å². The molecule has 0 radical (unpaired) electrons. The van der Waals surface area contributed by atoms with Crippen LogP contribution in [0.2, 0.25) is 5.02 Å². The SMILES string of the molecule is C[C@H](NP(=O)(OC[C@H]1O[C@@H](N2C=NC3C(=O)NC(N)=NC32)[C@](C)(O)[C@@H]1F)Oc1ccc(F)c(Cl)c1)C(=O)OC1CCCCC1. The number of nitrogens with one attached hydrogen (secondary N) is 2. The molecular formula is C26H34ClF2N6O8P. The highest BCUT2D eigenvalue weighted by atomic mass is 35.5. The molecule has 5 N–H and O–H groups in total. The van der Waals surface area contributed by atoms with E-state index in [1.165, 1.54) is 25.1 Å². The molecule has 1 aromatic carbocycles. The number of aliphatic hydroxyl groups is 1. The van der Waals surface area contributed by atoms with Gasteiger partial charge in [-0.25, -0.2) is 18.3 Å². The van der Waals surface area contributed by atoms with Crippen molar-refractivity contribution >= 4 is 43.5 Å². The molecule has 3 heterocycles. The number of rotatable bonds is 10. The highest BCUT2D eigenvalue weighted by molar-refractivity contribution is 7.52. The van der Waals surface area contributed by atoms with E-state index in [1.54, 1.807) is 0 Å². The number of carbonyl (C=O) groups excluding carboxylic acids is 2. The molecule has 18 heteroatoms. The van der Waals surface area contributed by atoms with Crippen LogP contribution in [-0.4, -0.2) is 89.2 Å². The van der Waals surface area contributed by atoms with Crippen LogP contribution in [0.25, 0.3) is 0 Å². The molecule has 1 amide bonds. The number of aliphatic imine (C=N–C) groups is 2. The summed E-state index contributed by atoms with van der Waals surface area (Å²) in [6.45, 7) is 1.84. The molecule has 8 atom stereocenters. The summed E-state index contributed by atoms with van der Waals surface area (Å²) >= 11 is 5.85. The van der Waals surface area contributed by atoms with Crippen LogP contribution in [0.1, 0.15) is 46.0 Å². The van der Waals surface area contributed by atoms with Crippen LogP contribution in [0, 0.1) is 5.82 Å². The van der Waals surface area contributed by atoms with Gasteiger partial charge in [-0.2, -0.15) is 5.09 Å². The summed E-state index contributed by atoms with van der Waals surface area (Å²) in [7, 11) is -4.54. The Morgan fingerprint density at radius 3 is 2.82 bits per heavy atom. The van der Waals surface area contributed by atoms with E-state index in [0.29, 0.717) is 12.8 Å². The van der Waals surface area contributed by atoms with Crippen molar-refractivity contribution in [3.05, 3.63) is 29.0 Å². The number of amides is 1. The number of nitrogens with two attached hydrogens (primary N) is 1. The number of carbonyl (C=O) groups is 2. The number of fused-ring (bicyclic) bond motifs is 1. The van der Waals surface area contributed by atoms with E-state index < -0.39 is 74.4 Å². The average molecular weight is 663 g/mol. The van der Waals surface area contributed by atoms with E-state index in [9.17, 15) is 23.7 Å². The summed E-state index contributed by atoms with van der Waals surface area (Å²) in [6.07, 6.45) is -0.769. The number of nitrogens with zero attached hydrogens (tertiary/aromatic N) is 3. The molecule has 1 saturated heterocycles. The number of hydrogen-bond acceptors (Lipinski definition) is 12. The predicted octanol–water partition coefficient (Wildman–Crippen LogP) is 2.13. The van der Waals surface area contributed by atoms with Crippen LogP contribution in [0.5, 0.6) is 5.75 Å². The zero-order valence-electron chi connectivity index (χ0n) is 23.9. The number of alkyl halides is 1. The van der Waals surface area contributed by atoms with Crippen molar-refractivity contribution in [3.8, 4) is 5.75 Å². The van der Waals surface area contributed by atoms with Gasteiger partial charge in [-0.15, -0.1) is 0 Å². The summed E-state index contributed by atoms with van der Waals surface area (Å²) in [5.74, 6) is -2.34. The first-order valence-corrected chi connectivity index (χ1v) is 16.0. The van der Waals surface area contributed by atoms with Crippen LogP contribution in [-0.2, 0) is 28.2 Å². The molecule has 4 aliphatic rings. The van der Waals surface area contributed by atoms with Crippen molar-refractivity contribution in [1.29, 1.82) is 0 Å². The van der Waals surface area contributed by atoms with Gasteiger partial charge in [0.1, 0.15) is 35.4 Å². The molecule has 5 rings (SSSR count). The first kappa shape index (κ1) is 32.5. The van der Waals surface area contributed by atoms with Gasteiger partial charge in [-0.3, -0.25) is 24.4 Å². The standard InChI is InChI=1S/C26H34ClF2N6O8P/c1-13(23(37)41-14-6-4-3-5-7-14)34-44(39,43-15-8-9-17(28)16(27)10-15)40-11-18-20(29)26(2,38)24(42-18)35-12-31-19-21(35)32-25(30)33-22(19)36/h8-10,12-14,18-21,24,38H,3-7,11H2,1-2H3,(H,34,39)(H3,30,32,33,36)/t13-,18+,19?,20+,21?,24+,26+,44?/m0/s1. The van der Waals surface area contributed by atoms with Gasteiger partial charge in [-0.05, 0) is 51.7 Å². The van der Waals surface area contributed by atoms with Crippen molar-refractivity contribution in [2.75, 3.05) is 6.61 Å². The first-order valence-electron chi connectivity index (χ1n) is 14.1. The highest BCUT2D eigenvalue weighted by Crippen LogP contribution is 2.47. The molecule has 1 saturated carbocycles. The predicted molar refractivity (Wildman–Crippen MR) is 153 cm³/mol. The van der Waals surface area contributed by atoms with Gasteiger partial charge in [0.15, 0.2) is 30.6 Å². The fourth-order valence-electron chi connectivity index (χ4n) is 5.43. The summed E-state index contributed by atoms with van der Waals surface area (Å²) in [5.41, 5.74) is 3.50. The molecule has 2 fully saturated rings. The zero-order chi connectivity index (χ0) is 31.8. The van der Waals surface area contributed by atoms with E-state index in [4.69, 9.17) is 35.9 Å². The molecule has 3 unspecified atom stereocenters. The Hall–Kier alpha value is -2.88. The van der Waals surface area contributed by atoms with Gasteiger partial charge >= 0.3 is 13.7 Å². The Morgan fingerprint density at radius 2 is 2.11 bits per heavy atom. The Bertz CT molecular complexity index is 1380. The fourth-order valence-corrected chi connectivity index (χ4v) is 7.09. The van der Waals surface area contributed by atoms with Crippen molar-refractivity contribution in [3.63, 3.8) is 0 Å². The zero-order valence-corrected chi connectivity index (χ0v) is 25.5. The Labute approximate surface area is 256 Å². The van der Waals surface area contributed by atoms with Gasteiger partial charge in [-0.1, -0.05) is 18.0 Å². The van der Waals surface area contributed by atoms with E-state index in [0.717, 1.165) is 37.5 Å². The van der Waals surface area contributed by atoms with Gasteiger partial charge < -0.3 is 29.7 Å². The highest BCUT2D eigenvalue weighted by Gasteiger charge is 2.59. The lowest BCUT2D eigenvalue weighted by Gasteiger charge is -2.36. The summed E-state index contributed by atoms with van der Waals surface area (Å²) < 4.78 is 65.8. The number of hydrogen-bond donors (Lipinski definition) is 4. The number of esters is 1. The number of halogens is 3. The monoisotopic (exact) mass is 662 g/mol. The van der Waals surface area contributed by atoms with Gasteiger partial charge in [0.2, 0.25) is 0 Å². The molecule has 242 valence electrons. The van der Waals surface area contributed by atoms with Crippen LogP contribution >= 0.6 is 19.3 Å². The molecule has 1 aliphatic carbocycles. The largest absolute Gasteiger partial charge is 0.461 e. The second-order valence-corrected chi connectivity index (χ2v) is 13.3. The fraction of sp³-hybridized carbons (Fsp3) is 0.615. The minimum Gasteiger partial charge on any atom is -0.461 e. The maximum Gasteiger partial charge on any atom is 0.459 e. The van der Waals surface area contributed by atoms with Crippen molar-refractivity contribution < 1.29 is 46.6 Å². The quantitative estimate of drug-likeness (QED) is 0.212. The Balaban J connectivity index is 1.31. The van der Waals surface area contributed by atoms with E-state index >= 15 is 4.39 Å². The molecule has 14 nitrogen and oxygen atoms in total. The molecule has 1 aromatic rings. The van der Waals surface area contributed by atoms with Crippen molar-refractivity contribution in [2.45, 2.75) is 94.4 Å². The van der Waals surface area contributed by atoms with Gasteiger partial charge in [0, 0.05) is 6.07 Å². The number of guanidine groups is 1. The Morgan fingerprint density at radius 1 is 1.39 bits per heavy atom. The summed E-state index contributed by atoms with van der Waals surface area (Å²) in [5, 5.41) is 15.6. The lowest BCUT2D eigenvalue weighted by atomic mass is 9.97. The first-order chi connectivity index (χ1) is 20.8.